The van der Waals surface area contributed by atoms with Crippen LogP contribution in [0.4, 0.5) is 0 Å². The van der Waals surface area contributed by atoms with Crippen LogP contribution in [-0.2, 0) is 9.53 Å². The second kappa shape index (κ2) is 11.6. The number of aliphatic hydroxyl groups is 1. The average molecular weight is 391 g/mol. The van der Waals surface area contributed by atoms with E-state index in [2.05, 4.69) is 19.1 Å². The van der Waals surface area contributed by atoms with Gasteiger partial charge in [-0.3, -0.25) is 4.79 Å². The molecule has 4 nitrogen and oxygen atoms in total. The molecular weight excluding hydrogens is 352 g/mol. The molecule has 0 aliphatic heterocycles. The molecule has 0 radical (unpaired) electrons. The Labute approximate surface area is 170 Å². The summed E-state index contributed by atoms with van der Waals surface area (Å²) < 4.78 is 10.8. The van der Waals surface area contributed by atoms with Crippen molar-refractivity contribution < 1.29 is 19.4 Å². The van der Waals surface area contributed by atoms with Gasteiger partial charge in [0.1, 0.15) is 5.75 Å². The number of carbonyl (C=O) groups is 1. The molecule has 1 fully saturated rings. The Hall–Kier alpha value is -1.39. The minimum Gasteiger partial charge on any atom is -0.426 e. The number of ether oxygens (including phenoxy) is 2. The van der Waals surface area contributed by atoms with Crippen LogP contribution in [0.2, 0.25) is 0 Å². The van der Waals surface area contributed by atoms with Crippen molar-refractivity contribution in [2.24, 2.45) is 11.3 Å². The van der Waals surface area contributed by atoms with Gasteiger partial charge in [-0.1, -0.05) is 44.7 Å². The highest BCUT2D eigenvalue weighted by Crippen LogP contribution is 2.38. The Kier molecular flexibility index (Phi) is 9.46. The molecule has 1 saturated carbocycles. The summed E-state index contributed by atoms with van der Waals surface area (Å²) in [7, 11) is 0. The molecule has 0 amide bonds. The molecule has 158 valence electrons. The lowest BCUT2D eigenvalue weighted by Gasteiger charge is -2.29. The van der Waals surface area contributed by atoms with Gasteiger partial charge in [0.15, 0.2) is 0 Å². The van der Waals surface area contributed by atoms with E-state index in [1.54, 1.807) is 13.8 Å². The van der Waals surface area contributed by atoms with E-state index >= 15 is 0 Å². The molecule has 0 saturated heterocycles. The second-order valence-electron chi connectivity index (χ2n) is 8.83. The normalized spacial score (nSPS) is 20.1. The van der Waals surface area contributed by atoms with E-state index < -0.39 is 5.41 Å². The van der Waals surface area contributed by atoms with Crippen LogP contribution in [0.5, 0.6) is 5.75 Å². The molecule has 0 heterocycles. The van der Waals surface area contributed by atoms with E-state index in [1.165, 1.54) is 56.9 Å². The van der Waals surface area contributed by atoms with E-state index in [9.17, 15) is 4.79 Å². The van der Waals surface area contributed by atoms with Crippen molar-refractivity contribution in [3.05, 3.63) is 29.8 Å². The van der Waals surface area contributed by atoms with Crippen LogP contribution in [0.3, 0.4) is 0 Å². The minimum atomic E-state index is -0.746. The molecule has 0 atom stereocenters. The highest BCUT2D eigenvalue weighted by molar-refractivity contribution is 5.78. The van der Waals surface area contributed by atoms with Gasteiger partial charge >= 0.3 is 5.97 Å². The van der Waals surface area contributed by atoms with Crippen LogP contribution in [0, 0.1) is 11.3 Å². The summed E-state index contributed by atoms with van der Waals surface area (Å²) in [6, 6.07) is 8.04. The highest BCUT2D eigenvalue weighted by Gasteiger charge is 2.30. The molecule has 0 unspecified atom stereocenters. The van der Waals surface area contributed by atoms with Crippen molar-refractivity contribution in [1.29, 1.82) is 0 Å². The van der Waals surface area contributed by atoms with Gasteiger partial charge in [0.25, 0.3) is 0 Å². The largest absolute Gasteiger partial charge is 0.426 e. The second-order valence-corrected chi connectivity index (χ2v) is 8.83. The topological polar surface area (TPSA) is 55.8 Å². The van der Waals surface area contributed by atoms with E-state index in [0.29, 0.717) is 11.7 Å². The molecule has 2 rings (SSSR count). The third-order valence-electron chi connectivity index (χ3n) is 5.88. The molecule has 28 heavy (non-hydrogen) atoms. The third-order valence-corrected chi connectivity index (χ3v) is 5.88. The molecule has 0 spiro atoms. The maximum Gasteiger partial charge on any atom is 0.319 e. The smallest absolute Gasteiger partial charge is 0.319 e. The molecule has 1 aliphatic rings. The maximum atomic E-state index is 12.4. The number of unbranched alkanes of at least 4 members (excludes halogenated alkanes) is 2. The van der Waals surface area contributed by atoms with Gasteiger partial charge in [0.2, 0.25) is 0 Å². The number of benzene rings is 1. The zero-order valence-electron chi connectivity index (χ0n) is 17.9. The van der Waals surface area contributed by atoms with Crippen LogP contribution in [0.1, 0.15) is 83.6 Å². The van der Waals surface area contributed by atoms with Crippen LogP contribution in [-0.4, -0.2) is 30.9 Å². The maximum absolute atomic E-state index is 12.4. The van der Waals surface area contributed by atoms with Gasteiger partial charge in [0, 0.05) is 0 Å². The van der Waals surface area contributed by atoms with Crippen LogP contribution in [0.15, 0.2) is 24.3 Å². The van der Waals surface area contributed by atoms with Crippen LogP contribution >= 0.6 is 0 Å². The Morgan fingerprint density at radius 2 is 1.79 bits per heavy atom. The summed E-state index contributed by atoms with van der Waals surface area (Å²) in [6.07, 6.45) is 10.7. The van der Waals surface area contributed by atoms with Gasteiger partial charge < -0.3 is 14.6 Å². The first-order chi connectivity index (χ1) is 13.5. The van der Waals surface area contributed by atoms with E-state index in [1.807, 2.05) is 12.1 Å². The first-order valence-corrected chi connectivity index (χ1v) is 11.0. The first kappa shape index (κ1) is 22.9. The minimum absolute atomic E-state index is 0.0484. The molecular formula is C24H38O4. The molecule has 1 aromatic carbocycles. The fourth-order valence-corrected chi connectivity index (χ4v) is 3.97. The van der Waals surface area contributed by atoms with E-state index in [-0.39, 0.29) is 25.8 Å². The van der Waals surface area contributed by atoms with Crippen molar-refractivity contribution in [3.63, 3.8) is 0 Å². The highest BCUT2D eigenvalue weighted by atomic mass is 16.5. The van der Waals surface area contributed by atoms with E-state index in [4.69, 9.17) is 14.6 Å². The molecule has 1 aromatic rings. The molecule has 4 heteroatoms. The lowest BCUT2D eigenvalue weighted by molar-refractivity contribution is -0.147. The van der Waals surface area contributed by atoms with Gasteiger partial charge in [-0.25, -0.2) is 0 Å². The summed E-state index contributed by atoms with van der Waals surface area (Å²) >= 11 is 0. The van der Waals surface area contributed by atoms with Crippen molar-refractivity contribution >= 4 is 5.97 Å². The first-order valence-electron chi connectivity index (χ1n) is 11.0. The Bertz CT molecular complexity index is 571. The quantitative estimate of drug-likeness (QED) is 0.309. The predicted octanol–water partition coefficient (Wildman–Crippen LogP) is 5.48. The standard InChI is InChI=1S/C24H38O4/c1-4-5-6-7-19-8-10-20(11-9-19)21-12-14-22(15-13-21)28-23(26)24(2,3)18-27-17-16-25/h12-15,19-20,25H,4-11,16-18H2,1-3H3. The SMILES string of the molecule is CCCCCC1CCC(c2ccc(OC(=O)C(C)(C)COCCO)cc2)CC1. The Morgan fingerprint density at radius 1 is 1.11 bits per heavy atom. The van der Waals surface area contributed by atoms with Crippen LogP contribution < -0.4 is 4.74 Å². The summed E-state index contributed by atoms with van der Waals surface area (Å²) in [5.41, 5.74) is 0.613. The van der Waals surface area contributed by atoms with Gasteiger partial charge in [-0.15, -0.1) is 0 Å². The molecule has 0 bridgehead atoms. The zero-order valence-corrected chi connectivity index (χ0v) is 17.9. The van der Waals surface area contributed by atoms with Crippen LogP contribution in [0.25, 0.3) is 0 Å². The molecule has 0 aromatic heterocycles. The van der Waals surface area contributed by atoms with Gasteiger partial charge in [-0.05, 0) is 69.1 Å². The monoisotopic (exact) mass is 390 g/mol. The van der Waals surface area contributed by atoms with Gasteiger partial charge in [-0.2, -0.15) is 0 Å². The number of aliphatic hydroxyl groups excluding tert-OH is 1. The molecule has 1 N–H and O–H groups in total. The summed E-state index contributed by atoms with van der Waals surface area (Å²) in [5, 5.41) is 8.79. The average Bonchev–Trinajstić information content (AvgIpc) is 2.69. The number of carbonyl (C=O) groups excluding carboxylic acids is 1. The van der Waals surface area contributed by atoms with Crippen molar-refractivity contribution in [2.45, 2.75) is 78.1 Å². The molecule has 1 aliphatic carbocycles. The number of hydrogen-bond donors (Lipinski definition) is 1. The lowest BCUT2D eigenvalue weighted by atomic mass is 9.77. The predicted molar refractivity (Wildman–Crippen MR) is 113 cm³/mol. The summed E-state index contributed by atoms with van der Waals surface area (Å²) in [4.78, 5) is 12.4. The number of hydrogen-bond acceptors (Lipinski definition) is 4. The number of esters is 1. The lowest BCUT2D eigenvalue weighted by Crippen LogP contribution is -2.34. The zero-order chi connectivity index (χ0) is 20.4. The van der Waals surface area contributed by atoms with Crippen molar-refractivity contribution in [2.75, 3.05) is 19.8 Å². The summed E-state index contributed by atoms with van der Waals surface area (Å²) in [6.45, 7) is 6.26. The fourth-order valence-electron chi connectivity index (χ4n) is 3.97. The van der Waals surface area contributed by atoms with Crippen molar-refractivity contribution in [3.8, 4) is 5.75 Å². The summed E-state index contributed by atoms with van der Waals surface area (Å²) in [5.74, 6) is 1.82. The van der Waals surface area contributed by atoms with Gasteiger partial charge in [0.05, 0.1) is 25.2 Å². The Morgan fingerprint density at radius 3 is 2.39 bits per heavy atom. The third kappa shape index (κ3) is 7.21. The van der Waals surface area contributed by atoms with E-state index in [0.717, 1.165) is 5.92 Å². The number of rotatable bonds is 11. The Balaban J connectivity index is 1.81. The fraction of sp³-hybridized carbons (Fsp3) is 0.708. The van der Waals surface area contributed by atoms with Crippen molar-refractivity contribution in [1.82, 2.24) is 0 Å².